The van der Waals surface area contributed by atoms with Gasteiger partial charge in [0.15, 0.2) is 0 Å². The summed E-state index contributed by atoms with van der Waals surface area (Å²) in [6.07, 6.45) is 5.45. The SMILES string of the molecule is Cc1cc(Nc2cc(NCc3ccccc3)c(C(N)=O)cn2)ccc1C(=O)N1CC=CC1. The Hall–Kier alpha value is -4.13. The monoisotopic (exact) mass is 427 g/mol. The van der Waals surface area contributed by atoms with Crippen LogP contribution in [0.4, 0.5) is 17.2 Å². The van der Waals surface area contributed by atoms with E-state index in [0.717, 1.165) is 16.8 Å². The molecule has 0 saturated carbocycles. The van der Waals surface area contributed by atoms with Crippen molar-refractivity contribution in [3.8, 4) is 0 Å². The van der Waals surface area contributed by atoms with Gasteiger partial charge in [0.2, 0.25) is 0 Å². The van der Waals surface area contributed by atoms with Gasteiger partial charge in [0, 0.05) is 43.1 Å². The molecule has 162 valence electrons. The zero-order valence-electron chi connectivity index (χ0n) is 17.8. The highest BCUT2D eigenvalue weighted by molar-refractivity contribution is 5.99. The average Bonchev–Trinajstić information content (AvgIpc) is 3.33. The number of aryl methyl sites for hydroxylation is 1. The highest BCUT2D eigenvalue weighted by Crippen LogP contribution is 2.24. The van der Waals surface area contributed by atoms with Crippen LogP contribution in [-0.4, -0.2) is 34.8 Å². The number of primary amides is 1. The molecule has 0 unspecified atom stereocenters. The molecule has 4 N–H and O–H groups in total. The van der Waals surface area contributed by atoms with Gasteiger partial charge in [-0.05, 0) is 36.2 Å². The number of nitrogens with zero attached hydrogens (tertiary/aromatic N) is 2. The second-order valence-corrected chi connectivity index (χ2v) is 7.65. The predicted octanol–water partition coefficient (Wildman–Crippen LogP) is 3.86. The van der Waals surface area contributed by atoms with Gasteiger partial charge in [0.1, 0.15) is 5.82 Å². The minimum atomic E-state index is -0.547. The number of benzene rings is 2. The van der Waals surface area contributed by atoms with Crippen LogP contribution in [0.25, 0.3) is 0 Å². The summed E-state index contributed by atoms with van der Waals surface area (Å²) >= 11 is 0. The Kier molecular flexibility index (Phi) is 6.17. The Morgan fingerprint density at radius 1 is 1.03 bits per heavy atom. The van der Waals surface area contributed by atoms with Crippen LogP contribution in [0.5, 0.6) is 0 Å². The van der Waals surface area contributed by atoms with E-state index in [1.54, 1.807) is 11.0 Å². The van der Waals surface area contributed by atoms with Crippen molar-refractivity contribution in [1.29, 1.82) is 0 Å². The fraction of sp³-hybridized carbons (Fsp3) is 0.160. The molecular weight excluding hydrogens is 402 g/mol. The molecule has 3 aromatic rings. The first-order valence-corrected chi connectivity index (χ1v) is 10.4. The van der Waals surface area contributed by atoms with Gasteiger partial charge in [-0.25, -0.2) is 4.98 Å². The molecule has 0 spiro atoms. The molecule has 2 amide bonds. The number of aromatic nitrogens is 1. The lowest BCUT2D eigenvalue weighted by Crippen LogP contribution is -2.28. The zero-order valence-corrected chi connectivity index (χ0v) is 17.8. The lowest BCUT2D eigenvalue weighted by Gasteiger charge is -2.17. The third-order valence-corrected chi connectivity index (χ3v) is 5.33. The number of nitrogens with two attached hydrogens (primary N) is 1. The Morgan fingerprint density at radius 2 is 1.78 bits per heavy atom. The molecule has 0 aliphatic carbocycles. The largest absolute Gasteiger partial charge is 0.380 e. The van der Waals surface area contributed by atoms with Crippen molar-refractivity contribution < 1.29 is 9.59 Å². The summed E-state index contributed by atoms with van der Waals surface area (Å²) in [5.74, 6) is 0.0397. The Balaban J connectivity index is 1.51. The molecule has 32 heavy (non-hydrogen) atoms. The van der Waals surface area contributed by atoms with Crippen LogP contribution in [0, 0.1) is 6.92 Å². The van der Waals surface area contributed by atoms with Crippen LogP contribution in [0.2, 0.25) is 0 Å². The predicted molar refractivity (Wildman–Crippen MR) is 126 cm³/mol. The second-order valence-electron chi connectivity index (χ2n) is 7.65. The number of nitrogens with one attached hydrogen (secondary N) is 2. The van der Waals surface area contributed by atoms with Gasteiger partial charge in [0.25, 0.3) is 11.8 Å². The van der Waals surface area contributed by atoms with E-state index in [9.17, 15) is 9.59 Å². The molecule has 0 bridgehead atoms. The number of amides is 2. The van der Waals surface area contributed by atoms with E-state index in [0.29, 0.717) is 42.3 Å². The van der Waals surface area contributed by atoms with Crippen molar-refractivity contribution in [2.75, 3.05) is 23.7 Å². The molecule has 2 aromatic carbocycles. The Morgan fingerprint density at radius 3 is 2.47 bits per heavy atom. The first kappa shape index (κ1) is 21.1. The van der Waals surface area contributed by atoms with Crippen molar-refractivity contribution in [2.45, 2.75) is 13.5 Å². The minimum absolute atomic E-state index is 0.0235. The van der Waals surface area contributed by atoms with Crippen molar-refractivity contribution in [3.63, 3.8) is 0 Å². The number of rotatable bonds is 7. The number of anilines is 3. The number of hydrogen-bond acceptors (Lipinski definition) is 5. The number of pyridine rings is 1. The van der Waals surface area contributed by atoms with Crippen LogP contribution in [0.3, 0.4) is 0 Å². The van der Waals surface area contributed by atoms with Crippen LogP contribution in [0.1, 0.15) is 31.8 Å². The molecule has 0 saturated heterocycles. The van der Waals surface area contributed by atoms with Crippen LogP contribution in [-0.2, 0) is 6.54 Å². The molecule has 4 rings (SSSR count). The molecular formula is C25H25N5O2. The quantitative estimate of drug-likeness (QED) is 0.497. The first-order chi connectivity index (χ1) is 15.5. The summed E-state index contributed by atoms with van der Waals surface area (Å²) in [4.78, 5) is 30.6. The maximum atomic E-state index is 12.7. The van der Waals surface area contributed by atoms with E-state index in [4.69, 9.17) is 5.73 Å². The summed E-state index contributed by atoms with van der Waals surface area (Å²) in [5, 5.41) is 6.51. The van der Waals surface area contributed by atoms with Gasteiger partial charge in [-0.15, -0.1) is 0 Å². The van der Waals surface area contributed by atoms with Gasteiger partial charge in [-0.3, -0.25) is 9.59 Å². The van der Waals surface area contributed by atoms with Gasteiger partial charge in [-0.1, -0.05) is 42.5 Å². The summed E-state index contributed by atoms with van der Waals surface area (Å²) in [6, 6.07) is 17.2. The molecule has 1 aliphatic heterocycles. The van der Waals surface area contributed by atoms with Crippen LogP contribution in [0.15, 0.2) is 72.9 Å². The summed E-state index contributed by atoms with van der Waals surface area (Å²) < 4.78 is 0. The van der Waals surface area contributed by atoms with E-state index >= 15 is 0 Å². The normalized spacial score (nSPS) is 12.6. The smallest absolute Gasteiger partial charge is 0.254 e. The maximum absolute atomic E-state index is 12.7. The van der Waals surface area contributed by atoms with Gasteiger partial charge in [0.05, 0.1) is 11.3 Å². The molecule has 0 atom stereocenters. The van der Waals surface area contributed by atoms with Crippen LogP contribution >= 0.6 is 0 Å². The number of carbonyl (C=O) groups is 2. The molecule has 7 nitrogen and oxygen atoms in total. The molecule has 0 fully saturated rings. The van der Waals surface area contributed by atoms with Crippen molar-refractivity contribution in [1.82, 2.24) is 9.88 Å². The second kappa shape index (κ2) is 9.34. The van der Waals surface area contributed by atoms with E-state index in [2.05, 4.69) is 15.6 Å². The van der Waals surface area contributed by atoms with E-state index < -0.39 is 5.91 Å². The lowest BCUT2D eigenvalue weighted by molar-refractivity contribution is 0.0799. The standard InChI is InChI=1S/C25H25N5O2/c1-17-13-19(9-10-20(17)25(32)30-11-5-6-12-30)29-23-14-22(21(16-28-23)24(26)31)27-15-18-7-3-2-4-8-18/h2-10,13-14,16H,11-12,15H2,1H3,(H2,26,31)(H2,27,28,29). The molecule has 1 aromatic heterocycles. The fourth-order valence-corrected chi connectivity index (χ4v) is 3.60. The third-order valence-electron chi connectivity index (χ3n) is 5.33. The molecule has 1 aliphatic rings. The third kappa shape index (κ3) is 4.78. The molecule has 7 heteroatoms. The first-order valence-electron chi connectivity index (χ1n) is 10.4. The number of carbonyl (C=O) groups excluding carboxylic acids is 2. The van der Waals surface area contributed by atoms with Crippen molar-refractivity contribution in [3.05, 3.63) is 95.2 Å². The lowest BCUT2D eigenvalue weighted by atomic mass is 10.1. The van der Waals surface area contributed by atoms with Crippen molar-refractivity contribution in [2.24, 2.45) is 5.73 Å². The minimum Gasteiger partial charge on any atom is -0.380 e. The molecule has 0 radical (unpaired) electrons. The van der Waals surface area contributed by atoms with E-state index in [1.165, 1.54) is 6.20 Å². The van der Waals surface area contributed by atoms with Crippen LogP contribution < -0.4 is 16.4 Å². The zero-order chi connectivity index (χ0) is 22.5. The Labute approximate surface area is 187 Å². The average molecular weight is 428 g/mol. The van der Waals surface area contributed by atoms with Crippen molar-refractivity contribution >= 4 is 29.0 Å². The number of hydrogen-bond donors (Lipinski definition) is 3. The topological polar surface area (TPSA) is 100 Å². The summed E-state index contributed by atoms with van der Waals surface area (Å²) in [6.45, 7) is 3.75. The highest BCUT2D eigenvalue weighted by atomic mass is 16.2. The Bertz CT molecular complexity index is 1170. The summed E-state index contributed by atoms with van der Waals surface area (Å²) in [7, 11) is 0. The van der Waals surface area contributed by atoms with Gasteiger partial charge in [-0.2, -0.15) is 0 Å². The van der Waals surface area contributed by atoms with E-state index in [1.807, 2.05) is 67.6 Å². The van der Waals surface area contributed by atoms with E-state index in [-0.39, 0.29) is 5.91 Å². The molecule has 2 heterocycles. The summed E-state index contributed by atoms with van der Waals surface area (Å²) in [5.41, 5.74) is 9.89. The fourth-order valence-electron chi connectivity index (χ4n) is 3.60. The maximum Gasteiger partial charge on any atom is 0.254 e. The van der Waals surface area contributed by atoms with Gasteiger partial charge >= 0.3 is 0 Å². The van der Waals surface area contributed by atoms with Gasteiger partial charge < -0.3 is 21.3 Å². The highest BCUT2D eigenvalue weighted by Gasteiger charge is 2.18.